The number of nitrogens with two attached hydrogens (primary N) is 1. The van der Waals surface area contributed by atoms with Crippen LogP contribution in [0, 0.1) is 0 Å². The number of carbonyl (C=O) groups is 2. The third kappa shape index (κ3) is 5.31. The number of benzene rings is 2. The SMILES string of the molecule is CC(NC(=O)[C@@H](N)Cc1ccccc1)c1ccc(N2CCCC2=O)cc1.Cl. The number of hydrogen-bond donors (Lipinski definition) is 2. The van der Waals surface area contributed by atoms with E-state index < -0.39 is 6.04 Å². The summed E-state index contributed by atoms with van der Waals surface area (Å²) in [6, 6.07) is 16.8. The van der Waals surface area contributed by atoms with Crippen molar-refractivity contribution in [1.82, 2.24) is 5.32 Å². The molecule has 1 heterocycles. The summed E-state index contributed by atoms with van der Waals surface area (Å²) in [7, 11) is 0. The Morgan fingerprint density at radius 2 is 1.81 bits per heavy atom. The van der Waals surface area contributed by atoms with Crippen molar-refractivity contribution in [1.29, 1.82) is 0 Å². The van der Waals surface area contributed by atoms with Crippen LogP contribution >= 0.6 is 12.4 Å². The van der Waals surface area contributed by atoms with Crippen molar-refractivity contribution >= 4 is 29.9 Å². The lowest BCUT2D eigenvalue weighted by atomic mass is 10.0. The summed E-state index contributed by atoms with van der Waals surface area (Å²) in [5.74, 6) is 0.00568. The number of anilines is 1. The van der Waals surface area contributed by atoms with Crippen LogP contribution in [0.25, 0.3) is 0 Å². The number of hydrogen-bond acceptors (Lipinski definition) is 3. The van der Waals surface area contributed by atoms with Crippen molar-refractivity contribution in [3.63, 3.8) is 0 Å². The summed E-state index contributed by atoms with van der Waals surface area (Å²) in [4.78, 5) is 26.0. The maximum Gasteiger partial charge on any atom is 0.237 e. The van der Waals surface area contributed by atoms with Gasteiger partial charge in [0.1, 0.15) is 0 Å². The molecule has 1 saturated heterocycles. The van der Waals surface area contributed by atoms with E-state index in [1.807, 2.05) is 66.4 Å². The highest BCUT2D eigenvalue weighted by Gasteiger charge is 2.22. The first-order chi connectivity index (χ1) is 12.5. The van der Waals surface area contributed by atoms with Crippen LogP contribution in [-0.4, -0.2) is 24.4 Å². The fourth-order valence-corrected chi connectivity index (χ4v) is 3.23. The molecular formula is C21H26ClN3O2. The standard InChI is InChI=1S/C21H25N3O2.ClH/c1-15(23-21(26)19(22)14-16-6-3-2-4-7-16)17-9-11-18(12-10-17)24-13-5-8-20(24)25;/h2-4,6-7,9-12,15,19H,5,8,13-14,22H2,1H3,(H,23,26);1H/t15?,19-;/m0./s1. The van der Waals surface area contributed by atoms with Crippen LogP contribution in [0.4, 0.5) is 5.69 Å². The van der Waals surface area contributed by atoms with Gasteiger partial charge in [-0.15, -0.1) is 12.4 Å². The predicted octanol–water partition coefficient (Wildman–Crippen LogP) is 2.98. The van der Waals surface area contributed by atoms with Crippen molar-refractivity contribution < 1.29 is 9.59 Å². The van der Waals surface area contributed by atoms with E-state index in [2.05, 4.69) is 5.32 Å². The van der Waals surface area contributed by atoms with E-state index in [-0.39, 0.29) is 30.3 Å². The fourth-order valence-electron chi connectivity index (χ4n) is 3.23. The number of nitrogens with zero attached hydrogens (tertiary/aromatic N) is 1. The summed E-state index contributed by atoms with van der Waals surface area (Å²) in [5, 5.41) is 2.97. The molecule has 3 rings (SSSR count). The van der Waals surface area contributed by atoms with Crippen molar-refractivity contribution in [2.75, 3.05) is 11.4 Å². The Balaban J connectivity index is 0.00000261. The molecule has 144 valence electrons. The molecule has 0 aromatic heterocycles. The lowest BCUT2D eigenvalue weighted by molar-refractivity contribution is -0.123. The Morgan fingerprint density at radius 1 is 1.15 bits per heavy atom. The lowest BCUT2D eigenvalue weighted by Gasteiger charge is -2.20. The molecule has 2 atom stereocenters. The zero-order valence-corrected chi connectivity index (χ0v) is 16.2. The Labute approximate surface area is 166 Å². The van der Waals surface area contributed by atoms with Crippen molar-refractivity contribution in [2.45, 2.75) is 38.3 Å². The van der Waals surface area contributed by atoms with Gasteiger partial charge >= 0.3 is 0 Å². The van der Waals surface area contributed by atoms with E-state index in [0.717, 1.165) is 29.8 Å². The molecule has 3 N–H and O–H groups in total. The molecule has 0 radical (unpaired) electrons. The van der Waals surface area contributed by atoms with Gasteiger partial charge in [0.2, 0.25) is 11.8 Å². The highest BCUT2D eigenvalue weighted by Crippen LogP contribution is 2.23. The van der Waals surface area contributed by atoms with Gasteiger partial charge in [-0.25, -0.2) is 0 Å². The molecule has 27 heavy (non-hydrogen) atoms. The lowest BCUT2D eigenvalue weighted by Crippen LogP contribution is -2.42. The fraction of sp³-hybridized carbons (Fsp3) is 0.333. The molecule has 2 aromatic rings. The molecule has 1 aliphatic rings. The van der Waals surface area contributed by atoms with Crippen LogP contribution in [0.3, 0.4) is 0 Å². The zero-order chi connectivity index (χ0) is 18.5. The third-order valence-electron chi connectivity index (χ3n) is 4.77. The largest absolute Gasteiger partial charge is 0.348 e. The summed E-state index contributed by atoms with van der Waals surface area (Å²) in [5.41, 5.74) is 8.98. The normalized spacial score (nSPS) is 15.8. The molecule has 2 aromatic carbocycles. The second-order valence-corrected chi connectivity index (χ2v) is 6.77. The molecule has 5 nitrogen and oxygen atoms in total. The maximum atomic E-state index is 12.4. The van der Waals surface area contributed by atoms with Crippen LogP contribution in [0.5, 0.6) is 0 Å². The highest BCUT2D eigenvalue weighted by molar-refractivity contribution is 5.95. The van der Waals surface area contributed by atoms with Crippen molar-refractivity contribution in [3.8, 4) is 0 Å². The Morgan fingerprint density at radius 3 is 2.41 bits per heavy atom. The Kier molecular flexibility index (Phi) is 7.39. The van der Waals surface area contributed by atoms with Crippen LogP contribution in [-0.2, 0) is 16.0 Å². The van der Waals surface area contributed by atoms with Gasteiger partial charge in [0, 0.05) is 18.7 Å². The minimum Gasteiger partial charge on any atom is -0.348 e. The molecule has 0 bridgehead atoms. The van der Waals surface area contributed by atoms with Crippen LogP contribution < -0.4 is 16.0 Å². The van der Waals surface area contributed by atoms with Gasteiger partial charge in [0.15, 0.2) is 0 Å². The molecule has 6 heteroatoms. The molecule has 0 aliphatic carbocycles. The summed E-state index contributed by atoms with van der Waals surface area (Å²) in [6.07, 6.45) is 2.04. The number of carbonyl (C=O) groups excluding carboxylic acids is 2. The number of nitrogens with one attached hydrogen (secondary N) is 1. The average Bonchev–Trinajstić information content (AvgIpc) is 3.08. The molecule has 0 saturated carbocycles. The minimum atomic E-state index is -0.582. The van der Waals surface area contributed by atoms with Crippen molar-refractivity contribution in [3.05, 3.63) is 65.7 Å². The average molecular weight is 388 g/mol. The highest BCUT2D eigenvalue weighted by atomic mass is 35.5. The second kappa shape index (κ2) is 9.53. The first-order valence-electron chi connectivity index (χ1n) is 9.05. The number of amides is 2. The quantitative estimate of drug-likeness (QED) is 0.800. The van der Waals surface area contributed by atoms with Gasteiger partial charge in [0.05, 0.1) is 12.1 Å². The molecule has 1 unspecified atom stereocenters. The molecule has 1 aliphatic heterocycles. The van der Waals surface area contributed by atoms with E-state index in [0.29, 0.717) is 12.8 Å². The van der Waals surface area contributed by atoms with Gasteiger partial charge in [-0.2, -0.15) is 0 Å². The third-order valence-corrected chi connectivity index (χ3v) is 4.77. The first kappa shape index (κ1) is 20.9. The van der Waals surface area contributed by atoms with Gasteiger partial charge in [-0.3, -0.25) is 9.59 Å². The topological polar surface area (TPSA) is 75.4 Å². The van der Waals surface area contributed by atoms with Crippen LogP contribution in [0.15, 0.2) is 54.6 Å². The smallest absolute Gasteiger partial charge is 0.237 e. The zero-order valence-electron chi connectivity index (χ0n) is 15.4. The number of halogens is 1. The van der Waals surface area contributed by atoms with Gasteiger partial charge in [-0.1, -0.05) is 42.5 Å². The minimum absolute atomic E-state index is 0. The van der Waals surface area contributed by atoms with E-state index in [9.17, 15) is 9.59 Å². The van der Waals surface area contributed by atoms with E-state index in [1.165, 1.54) is 0 Å². The van der Waals surface area contributed by atoms with Crippen molar-refractivity contribution in [2.24, 2.45) is 5.73 Å². The molecule has 0 spiro atoms. The van der Waals surface area contributed by atoms with E-state index in [4.69, 9.17) is 5.73 Å². The predicted molar refractivity (Wildman–Crippen MR) is 110 cm³/mol. The molecule has 1 fully saturated rings. The first-order valence-corrected chi connectivity index (χ1v) is 9.05. The van der Waals surface area contributed by atoms with Crippen LogP contribution in [0.1, 0.15) is 36.9 Å². The van der Waals surface area contributed by atoms with Gasteiger partial charge < -0.3 is 16.0 Å². The summed E-state index contributed by atoms with van der Waals surface area (Å²) >= 11 is 0. The monoisotopic (exact) mass is 387 g/mol. The number of rotatable bonds is 6. The van der Waals surface area contributed by atoms with Gasteiger partial charge in [-0.05, 0) is 43.0 Å². The maximum absolute atomic E-state index is 12.4. The summed E-state index contributed by atoms with van der Waals surface area (Å²) < 4.78 is 0. The van der Waals surface area contributed by atoms with Gasteiger partial charge in [0.25, 0.3) is 0 Å². The Hall–Kier alpha value is -2.37. The molecule has 2 amide bonds. The Bertz CT molecular complexity index is 765. The second-order valence-electron chi connectivity index (χ2n) is 6.77. The molecular weight excluding hydrogens is 362 g/mol. The van der Waals surface area contributed by atoms with E-state index >= 15 is 0 Å². The summed E-state index contributed by atoms with van der Waals surface area (Å²) in [6.45, 7) is 2.71. The van der Waals surface area contributed by atoms with Crippen LogP contribution in [0.2, 0.25) is 0 Å². The van der Waals surface area contributed by atoms with E-state index in [1.54, 1.807) is 0 Å².